The first kappa shape index (κ1) is 23.4. The maximum atomic E-state index is 12.5. The van der Waals surface area contributed by atoms with E-state index >= 15 is 0 Å². The molecule has 0 aliphatic heterocycles. The molecule has 0 bridgehead atoms. The minimum Gasteiger partial charge on any atom is -0.496 e. The number of hydrogen-bond donors (Lipinski definition) is 1. The Morgan fingerprint density at radius 3 is 2.44 bits per heavy atom. The molecule has 4 rings (SSSR count). The molecule has 1 aliphatic carbocycles. The van der Waals surface area contributed by atoms with Gasteiger partial charge in [0, 0.05) is 47.6 Å². The fourth-order valence-electron chi connectivity index (χ4n) is 4.47. The molecule has 34 heavy (non-hydrogen) atoms. The molecule has 0 heterocycles. The van der Waals surface area contributed by atoms with Gasteiger partial charge in [-0.05, 0) is 60.9 Å². The topological polar surface area (TPSA) is 50.8 Å². The number of nitrogens with one attached hydrogen (secondary N) is 1. The molecule has 1 N–H and O–H groups in total. The number of allylic oxidation sites excluding steroid dienone is 1. The van der Waals surface area contributed by atoms with Crippen LogP contribution in [0.15, 0.2) is 72.4 Å². The van der Waals surface area contributed by atoms with E-state index in [1.54, 1.807) is 14.2 Å². The fraction of sp³-hybridized carbons (Fsp3) is 0.276. The number of carbonyl (C=O) groups is 1. The van der Waals surface area contributed by atoms with Crippen LogP contribution < -0.4 is 14.8 Å². The van der Waals surface area contributed by atoms with Gasteiger partial charge in [-0.15, -0.1) is 0 Å². The van der Waals surface area contributed by atoms with Crippen LogP contribution in [0.1, 0.15) is 40.4 Å². The van der Waals surface area contributed by atoms with Gasteiger partial charge in [-0.1, -0.05) is 37.3 Å². The van der Waals surface area contributed by atoms with Gasteiger partial charge in [0.1, 0.15) is 11.5 Å². The third-order valence-electron chi connectivity index (χ3n) is 6.17. The zero-order chi connectivity index (χ0) is 23.9. The molecule has 0 spiro atoms. The Labute approximate surface area is 202 Å². The summed E-state index contributed by atoms with van der Waals surface area (Å²) in [6.45, 7) is 4.08. The number of anilines is 1. The lowest BCUT2D eigenvalue weighted by Gasteiger charge is -2.26. The Morgan fingerprint density at radius 1 is 0.941 bits per heavy atom. The molecule has 0 saturated carbocycles. The molecule has 5 heteroatoms. The Morgan fingerprint density at radius 2 is 1.71 bits per heavy atom. The van der Waals surface area contributed by atoms with E-state index in [-0.39, 0.29) is 5.91 Å². The highest BCUT2D eigenvalue weighted by Gasteiger charge is 2.24. The molecule has 0 atom stereocenters. The number of ether oxygens (including phenoxy) is 2. The summed E-state index contributed by atoms with van der Waals surface area (Å²) >= 11 is 0. The number of carbonyl (C=O) groups excluding carboxylic acids is 1. The smallest absolute Gasteiger partial charge is 0.255 e. The highest BCUT2D eigenvalue weighted by Crippen LogP contribution is 2.39. The molecule has 1 amide bonds. The van der Waals surface area contributed by atoms with Crippen molar-refractivity contribution in [2.45, 2.75) is 26.2 Å². The number of nitrogens with zero attached hydrogens (tertiary/aromatic N) is 1. The second-order valence-electron chi connectivity index (χ2n) is 8.43. The lowest BCUT2D eigenvalue weighted by Crippen LogP contribution is -2.26. The lowest BCUT2D eigenvalue weighted by atomic mass is 10.1. The van der Waals surface area contributed by atoms with Gasteiger partial charge >= 0.3 is 0 Å². The fourth-order valence-corrected chi connectivity index (χ4v) is 4.47. The number of fused-ring (bicyclic) bond motifs is 1. The summed E-state index contributed by atoms with van der Waals surface area (Å²) in [6.07, 6.45) is 5.03. The zero-order valence-electron chi connectivity index (χ0n) is 20.1. The SMILES string of the molecule is CCCN(CCc1cccc(NC(=O)c2ccccc2)c1)C1=Cc2c(OC)ccc(OC)c2C1. The maximum Gasteiger partial charge on any atom is 0.255 e. The third-order valence-corrected chi connectivity index (χ3v) is 6.17. The number of benzene rings is 3. The molecule has 0 aromatic heterocycles. The molecular weight excluding hydrogens is 424 g/mol. The van der Waals surface area contributed by atoms with Crippen molar-refractivity contribution in [2.24, 2.45) is 0 Å². The second kappa shape index (κ2) is 10.9. The van der Waals surface area contributed by atoms with E-state index in [0.29, 0.717) is 5.56 Å². The largest absolute Gasteiger partial charge is 0.496 e. The molecular formula is C29H32N2O3. The second-order valence-corrected chi connectivity index (χ2v) is 8.43. The Bertz CT molecular complexity index is 1170. The van der Waals surface area contributed by atoms with E-state index in [1.165, 1.54) is 16.8 Å². The standard InChI is InChI=1S/C29H32N2O3/c1-4-16-31(24-19-25-26(20-24)28(34-3)14-13-27(25)33-2)17-15-21-9-8-12-23(18-21)30-29(32)22-10-6-5-7-11-22/h5-14,18-19H,4,15-17,20H2,1-3H3,(H,30,32). The summed E-state index contributed by atoms with van der Waals surface area (Å²) in [6, 6.07) is 21.3. The predicted octanol–water partition coefficient (Wildman–Crippen LogP) is 5.81. The average Bonchev–Trinajstić information content (AvgIpc) is 3.32. The van der Waals surface area contributed by atoms with Crippen molar-refractivity contribution in [3.63, 3.8) is 0 Å². The number of methoxy groups -OCH3 is 2. The lowest BCUT2D eigenvalue weighted by molar-refractivity contribution is 0.102. The van der Waals surface area contributed by atoms with Crippen LogP contribution in [-0.4, -0.2) is 38.1 Å². The summed E-state index contributed by atoms with van der Waals surface area (Å²) in [5, 5.41) is 3.01. The maximum absolute atomic E-state index is 12.5. The molecule has 176 valence electrons. The van der Waals surface area contributed by atoms with Crippen LogP contribution >= 0.6 is 0 Å². The van der Waals surface area contributed by atoms with Crippen molar-refractivity contribution in [3.05, 3.63) is 94.7 Å². The Balaban J connectivity index is 1.45. The molecule has 3 aromatic carbocycles. The van der Waals surface area contributed by atoms with Gasteiger partial charge < -0.3 is 19.7 Å². The van der Waals surface area contributed by atoms with Gasteiger partial charge in [-0.25, -0.2) is 0 Å². The minimum atomic E-state index is -0.0953. The average molecular weight is 457 g/mol. The van der Waals surface area contributed by atoms with Crippen molar-refractivity contribution in [1.29, 1.82) is 0 Å². The van der Waals surface area contributed by atoms with E-state index in [0.717, 1.165) is 55.1 Å². The van der Waals surface area contributed by atoms with Gasteiger partial charge in [0.2, 0.25) is 0 Å². The Hall–Kier alpha value is -3.73. The van der Waals surface area contributed by atoms with Crippen molar-refractivity contribution >= 4 is 17.7 Å². The van der Waals surface area contributed by atoms with E-state index in [1.807, 2.05) is 54.6 Å². The quantitative estimate of drug-likeness (QED) is 0.418. The zero-order valence-corrected chi connectivity index (χ0v) is 20.1. The predicted molar refractivity (Wildman–Crippen MR) is 138 cm³/mol. The summed E-state index contributed by atoms with van der Waals surface area (Å²) in [7, 11) is 3.43. The van der Waals surface area contributed by atoms with Crippen LogP contribution in [0.3, 0.4) is 0 Å². The summed E-state index contributed by atoms with van der Waals surface area (Å²) in [4.78, 5) is 15.0. The van der Waals surface area contributed by atoms with Crippen LogP contribution in [0, 0.1) is 0 Å². The van der Waals surface area contributed by atoms with Crippen molar-refractivity contribution in [2.75, 3.05) is 32.6 Å². The first-order chi connectivity index (χ1) is 16.6. The number of hydrogen-bond acceptors (Lipinski definition) is 4. The number of rotatable bonds is 10. The first-order valence-corrected chi connectivity index (χ1v) is 11.8. The minimum absolute atomic E-state index is 0.0953. The van der Waals surface area contributed by atoms with Crippen LogP contribution in [0.2, 0.25) is 0 Å². The third kappa shape index (κ3) is 5.25. The van der Waals surface area contributed by atoms with Crippen LogP contribution in [-0.2, 0) is 12.8 Å². The van der Waals surface area contributed by atoms with Crippen molar-refractivity contribution in [3.8, 4) is 11.5 Å². The van der Waals surface area contributed by atoms with Crippen LogP contribution in [0.5, 0.6) is 11.5 Å². The van der Waals surface area contributed by atoms with Crippen LogP contribution in [0.4, 0.5) is 5.69 Å². The molecule has 1 aliphatic rings. The van der Waals surface area contributed by atoms with Gasteiger partial charge in [-0.2, -0.15) is 0 Å². The molecule has 0 saturated heterocycles. The van der Waals surface area contributed by atoms with Crippen LogP contribution in [0.25, 0.3) is 6.08 Å². The summed E-state index contributed by atoms with van der Waals surface area (Å²) in [5.74, 6) is 1.69. The van der Waals surface area contributed by atoms with E-state index in [4.69, 9.17) is 9.47 Å². The highest BCUT2D eigenvalue weighted by atomic mass is 16.5. The van der Waals surface area contributed by atoms with Gasteiger partial charge in [0.25, 0.3) is 5.91 Å². The molecule has 5 nitrogen and oxygen atoms in total. The summed E-state index contributed by atoms with van der Waals surface area (Å²) < 4.78 is 11.2. The van der Waals surface area contributed by atoms with Crippen molar-refractivity contribution < 1.29 is 14.3 Å². The van der Waals surface area contributed by atoms with E-state index in [9.17, 15) is 4.79 Å². The van der Waals surface area contributed by atoms with Gasteiger partial charge in [0.15, 0.2) is 0 Å². The van der Waals surface area contributed by atoms with E-state index < -0.39 is 0 Å². The first-order valence-electron chi connectivity index (χ1n) is 11.8. The van der Waals surface area contributed by atoms with Gasteiger partial charge in [0.05, 0.1) is 14.2 Å². The highest BCUT2D eigenvalue weighted by molar-refractivity contribution is 6.04. The Kier molecular flexibility index (Phi) is 7.53. The van der Waals surface area contributed by atoms with Gasteiger partial charge in [-0.3, -0.25) is 4.79 Å². The normalized spacial score (nSPS) is 12.0. The molecule has 0 unspecified atom stereocenters. The molecule has 0 radical (unpaired) electrons. The molecule has 0 fully saturated rings. The van der Waals surface area contributed by atoms with E-state index in [2.05, 4.69) is 35.3 Å². The molecule has 3 aromatic rings. The number of amides is 1. The monoisotopic (exact) mass is 456 g/mol. The van der Waals surface area contributed by atoms with Crippen molar-refractivity contribution in [1.82, 2.24) is 4.90 Å². The summed E-state index contributed by atoms with van der Waals surface area (Å²) in [5.41, 5.74) is 6.24.